The van der Waals surface area contributed by atoms with Gasteiger partial charge in [0.15, 0.2) is 0 Å². The molecule has 0 aliphatic carbocycles. The number of esters is 1. The summed E-state index contributed by atoms with van der Waals surface area (Å²) in [5.41, 5.74) is -0.125. The maximum Gasteiger partial charge on any atom is 0.314 e. The standard InChI is InChI=1S/C15H22O5/c1-10(16)12-7-6-11(18-4)8-13(12)20-9-15(2,3)14(17)19-5/h6-8,10,16H,9H2,1-5H3/t10-/m1/s1. The van der Waals surface area contributed by atoms with Crippen molar-refractivity contribution in [3.63, 3.8) is 0 Å². The summed E-state index contributed by atoms with van der Waals surface area (Å²) in [6, 6.07) is 5.18. The van der Waals surface area contributed by atoms with Crippen molar-refractivity contribution in [2.75, 3.05) is 20.8 Å². The maximum atomic E-state index is 11.6. The first-order valence-electron chi connectivity index (χ1n) is 6.39. The number of carbonyl (C=O) groups is 1. The van der Waals surface area contributed by atoms with Gasteiger partial charge in [0.25, 0.3) is 0 Å². The zero-order valence-corrected chi connectivity index (χ0v) is 12.6. The van der Waals surface area contributed by atoms with E-state index in [4.69, 9.17) is 14.2 Å². The van der Waals surface area contributed by atoms with Crippen molar-refractivity contribution in [2.24, 2.45) is 5.41 Å². The van der Waals surface area contributed by atoms with E-state index in [1.807, 2.05) is 0 Å². The number of benzene rings is 1. The average Bonchev–Trinajstić information content (AvgIpc) is 2.43. The summed E-state index contributed by atoms with van der Waals surface area (Å²) in [7, 11) is 2.90. The van der Waals surface area contributed by atoms with Crippen molar-refractivity contribution in [1.82, 2.24) is 0 Å². The minimum absolute atomic E-state index is 0.145. The molecule has 0 unspecified atom stereocenters. The van der Waals surface area contributed by atoms with Crippen molar-refractivity contribution in [2.45, 2.75) is 26.9 Å². The number of hydrogen-bond acceptors (Lipinski definition) is 5. The Balaban J connectivity index is 2.93. The van der Waals surface area contributed by atoms with Crippen LogP contribution in [0.4, 0.5) is 0 Å². The van der Waals surface area contributed by atoms with Crippen molar-refractivity contribution >= 4 is 5.97 Å². The smallest absolute Gasteiger partial charge is 0.314 e. The Morgan fingerprint density at radius 3 is 2.50 bits per heavy atom. The molecule has 1 atom stereocenters. The zero-order chi connectivity index (χ0) is 15.3. The van der Waals surface area contributed by atoms with Crippen LogP contribution in [-0.2, 0) is 9.53 Å². The van der Waals surface area contributed by atoms with Crippen LogP contribution in [0.5, 0.6) is 11.5 Å². The molecular weight excluding hydrogens is 260 g/mol. The zero-order valence-electron chi connectivity index (χ0n) is 12.6. The molecule has 0 heterocycles. The number of ether oxygens (including phenoxy) is 3. The molecule has 112 valence electrons. The molecule has 5 nitrogen and oxygen atoms in total. The predicted molar refractivity (Wildman–Crippen MR) is 74.9 cm³/mol. The van der Waals surface area contributed by atoms with Crippen LogP contribution in [0.1, 0.15) is 32.4 Å². The summed E-state index contributed by atoms with van der Waals surface area (Å²) < 4.78 is 15.6. The summed E-state index contributed by atoms with van der Waals surface area (Å²) in [4.78, 5) is 11.6. The first-order valence-corrected chi connectivity index (χ1v) is 6.39. The largest absolute Gasteiger partial charge is 0.497 e. The number of rotatable bonds is 6. The Morgan fingerprint density at radius 2 is 2.00 bits per heavy atom. The molecule has 0 aliphatic rings. The van der Waals surface area contributed by atoms with E-state index in [9.17, 15) is 9.90 Å². The van der Waals surface area contributed by atoms with E-state index in [-0.39, 0.29) is 12.6 Å². The van der Waals surface area contributed by atoms with Gasteiger partial charge in [0.2, 0.25) is 0 Å². The molecule has 0 aliphatic heterocycles. The Labute approximate surface area is 119 Å². The molecule has 0 fully saturated rings. The summed E-state index contributed by atoms with van der Waals surface area (Å²) in [6.45, 7) is 5.27. The van der Waals surface area contributed by atoms with E-state index >= 15 is 0 Å². The Morgan fingerprint density at radius 1 is 1.35 bits per heavy atom. The monoisotopic (exact) mass is 282 g/mol. The van der Waals surface area contributed by atoms with Crippen molar-refractivity contribution < 1.29 is 24.1 Å². The van der Waals surface area contributed by atoms with E-state index in [1.165, 1.54) is 7.11 Å². The van der Waals surface area contributed by atoms with Crippen molar-refractivity contribution in [3.05, 3.63) is 23.8 Å². The van der Waals surface area contributed by atoms with Gasteiger partial charge in [-0.05, 0) is 32.9 Å². The summed E-state index contributed by atoms with van der Waals surface area (Å²) >= 11 is 0. The quantitative estimate of drug-likeness (QED) is 0.811. The first kappa shape index (κ1) is 16.3. The highest BCUT2D eigenvalue weighted by atomic mass is 16.5. The van der Waals surface area contributed by atoms with E-state index in [1.54, 1.807) is 46.1 Å². The number of aliphatic hydroxyl groups excluding tert-OH is 1. The van der Waals surface area contributed by atoms with Gasteiger partial charge in [-0.25, -0.2) is 0 Å². The van der Waals surface area contributed by atoms with E-state index in [0.717, 1.165) is 0 Å². The van der Waals surface area contributed by atoms with Gasteiger partial charge in [-0.3, -0.25) is 4.79 Å². The van der Waals surface area contributed by atoms with Gasteiger partial charge in [-0.2, -0.15) is 0 Å². The number of carbonyl (C=O) groups excluding carboxylic acids is 1. The Hall–Kier alpha value is -1.75. The molecule has 20 heavy (non-hydrogen) atoms. The third kappa shape index (κ3) is 3.87. The van der Waals surface area contributed by atoms with Gasteiger partial charge in [0.1, 0.15) is 18.1 Å². The van der Waals surface area contributed by atoms with Gasteiger partial charge in [0.05, 0.1) is 25.7 Å². The second-order valence-corrected chi connectivity index (χ2v) is 5.24. The highest BCUT2D eigenvalue weighted by Crippen LogP contribution is 2.31. The summed E-state index contributed by atoms with van der Waals surface area (Å²) in [5.74, 6) is 0.774. The fraction of sp³-hybridized carbons (Fsp3) is 0.533. The lowest BCUT2D eigenvalue weighted by Crippen LogP contribution is -2.32. The topological polar surface area (TPSA) is 65.0 Å². The number of aliphatic hydroxyl groups is 1. The number of methoxy groups -OCH3 is 2. The first-order chi connectivity index (χ1) is 9.31. The lowest BCUT2D eigenvalue weighted by atomic mass is 9.95. The van der Waals surface area contributed by atoms with Crippen LogP contribution < -0.4 is 9.47 Å². The maximum absolute atomic E-state index is 11.6. The molecule has 0 spiro atoms. The van der Waals surface area contributed by atoms with Crippen molar-refractivity contribution in [3.8, 4) is 11.5 Å². The molecule has 0 radical (unpaired) electrons. The lowest BCUT2D eigenvalue weighted by Gasteiger charge is -2.23. The van der Waals surface area contributed by atoms with Gasteiger partial charge < -0.3 is 19.3 Å². The highest BCUT2D eigenvalue weighted by Gasteiger charge is 2.30. The SMILES string of the molecule is COC(=O)C(C)(C)COc1cc(OC)ccc1[C@@H](C)O. The fourth-order valence-corrected chi connectivity index (χ4v) is 1.71. The molecule has 1 rings (SSSR count). The van der Waals surface area contributed by atoms with Crippen LogP contribution in [0.3, 0.4) is 0 Å². The molecule has 0 aromatic heterocycles. The molecular formula is C15H22O5. The molecule has 0 bridgehead atoms. The normalized spacial score (nSPS) is 12.7. The van der Waals surface area contributed by atoms with Gasteiger partial charge in [-0.1, -0.05) is 0 Å². The van der Waals surface area contributed by atoms with E-state index in [2.05, 4.69) is 0 Å². The van der Waals surface area contributed by atoms with Gasteiger partial charge in [-0.15, -0.1) is 0 Å². The molecule has 5 heteroatoms. The summed E-state index contributed by atoms with van der Waals surface area (Å²) in [5, 5.41) is 9.74. The predicted octanol–water partition coefficient (Wildman–Crippen LogP) is 2.33. The van der Waals surface area contributed by atoms with Crippen LogP contribution >= 0.6 is 0 Å². The number of hydrogen-bond donors (Lipinski definition) is 1. The van der Waals surface area contributed by atoms with E-state index in [0.29, 0.717) is 17.1 Å². The fourth-order valence-electron chi connectivity index (χ4n) is 1.71. The molecule has 0 amide bonds. The van der Waals surface area contributed by atoms with Gasteiger partial charge >= 0.3 is 5.97 Å². The van der Waals surface area contributed by atoms with Crippen LogP contribution in [0.2, 0.25) is 0 Å². The molecule has 1 N–H and O–H groups in total. The Kier molecular flexibility index (Phi) is 5.39. The highest BCUT2D eigenvalue weighted by molar-refractivity contribution is 5.75. The summed E-state index contributed by atoms with van der Waals surface area (Å²) in [6.07, 6.45) is -0.669. The van der Waals surface area contributed by atoms with Crippen LogP contribution in [0.15, 0.2) is 18.2 Å². The molecule has 0 saturated heterocycles. The molecule has 1 aromatic rings. The molecule has 1 aromatic carbocycles. The second-order valence-electron chi connectivity index (χ2n) is 5.24. The van der Waals surface area contributed by atoms with E-state index < -0.39 is 11.5 Å². The second kappa shape index (κ2) is 6.61. The molecule has 0 saturated carbocycles. The van der Waals surface area contributed by atoms with Crippen LogP contribution in [0.25, 0.3) is 0 Å². The third-order valence-electron chi connectivity index (χ3n) is 3.00. The Bertz CT molecular complexity index is 465. The minimum Gasteiger partial charge on any atom is -0.497 e. The lowest BCUT2D eigenvalue weighted by molar-refractivity contribution is -0.152. The average molecular weight is 282 g/mol. The van der Waals surface area contributed by atoms with Gasteiger partial charge in [0, 0.05) is 11.6 Å². The van der Waals surface area contributed by atoms with Crippen molar-refractivity contribution in [1.29, 1.82) is 0 Å². The minimum atomic E-state index is -0.770. The van der Waals surface area contributed by atoms with Crippen LogP contribution in [0, 0.1) is 5.41 Å². The third-order valence-corrected chi connectivity index (χ3v) is 3.00. The van der Waals surface area contributed by atoms with Crippen LogP contribution in [-0.4, -0.2) is 31.9 Å².